The van der Waals surface area contributed by atoms with Gasteiger partial charge in [-0.2, -0.15) is 0 Å². The van der Waals surface area contributed by atoms with Crippen molar-refractivity contribution in [2.75, 3.05) is 13.4 Å². The van der Waals surface area contributed by atoms with Crippen molar-refractivity contribution < 1.29 is 19.0 Å². The average Bonchev–Trinajstić information content (AvgIpc) is 2.28. The van der Waals surface area contributed by atoms with Crippen LogP contribution in [0.25, 0.3) is 0 Å². The van der Waals surface area contributed by atoms with E-state index in [1.54, 1.807) is 6.07 Å². The van der Waals surface area contributed by atoms with Gasteiger partial charge < -0.3 is 20.3 Å². The van der Waals surface area contributed by atoms with Gasteiger partial charge in [-0.3, -0.25) is 0 Å². The molecule has 0 bridgehead atoms. The van der Waals surface area contributed by atoms with Gasteiger partial charge in [-0.25, -0.2) is 4.39 Å². The highest BCUT2D eigenvalue weighted by Gasteiger charge is 2.18. The smallest absolute Gasteiger partial charge is 0.189 e. The minimum Gasteiger partial charge on any atom is -0.467 e. The normalized spacial score (nSPS) is 16.4. The number of nitrogens with two attached hydrogens (primary N) is 1. The molecule has 0 saturated carbocycles. The lowest BCUT2D eigenvalue weighted by molar-refractivity contribution is -0.0167. The predicted molar refractivity (Wildman–Crippen MR) is 55.3 cm³/mol. The summed E-state index contributed by atoms with van der Waals surface area (Å²) in [5.74, 6) is 0.227. The quantitative estimate of drug-likeness (QED) is 0.810. The molecule has 88 valence electrons. The fourth-order valence-electron chi connectivity index (χ4n) is 1.69. The standard InChI is InChI=1S/C11H14FNO3/c12-9-3-7-5-15-6-16-11(7)4-8(9)10(13)1-2-14/h3-4,10,14H,1-2,5-6,13H2. The van der Waals surface area contributed by atoms with Crippen molar-refractivity contribution in [3.63, 3.8) is 0 Å². The second-order valence-electron chi connectivity index (χ2n) is 3.71. The molecule has 1 aromatic carbocycles. The fraction of sp³-hybridized carbons (Fsp3) is 0.455. The lowest BCUT2D eigenvalue weighted by atomic mass is 10.0. The summed E-state index contributed by atoms with van der Waals surface area (Å²) in [6, 6.07) is 2.45. The van der Waals surface area contributed by atoms with Crippen LogP contribution < -0.4 is 10.5 Å². The molecule has 0 aromatic heterocycles. The molecule has 1 aromatic rings. The largest absolute Gasteiger partial charge is 0.467 e. The first-order valence-corrected chi connectivity index (χ1v) is 5.11. The second-order valence-corrected chi connectivity index (χ2v) is 3.71. The minimum atomic E-state index is -0.512. The molecule has 1 aliphatic heterocycles. The molecule has 3 N–H and O–H groups in total. The van der Waals surface area contributed by atoms with Crippen molar-refractivity contribution in [2.45, 2.75) is 19.1 Å². The number of ether oxygens (including phenoxy) is 2. The monoisotopic (exact) mass is 227 g/mol. The Hall–Kier alpha value is -1.17. The van der Waals surface area contributed by atoms with Crippen LogP contribution in [0, 0.1) is 5.82 Å². The Labute approximate surface area is 92.8 Å². The topological polar surface area (TPSA) is 64.7 Å². The van der Waals surface area contributed by atoms with Gasteiger partial charge in [0.25, 0.3) is 0 Å². The van der Waals surface area contributed by atoms with Gasteiger partial charge in [-0.05, 0) is 18.6 Å². The van der Waals surface area contributed by atoms with E-state index in [4.69, 9.17) is 20.3 Å². The van der Waals surface area contributed by atoms with Crippen molar-refractivity contribution >= 4 is 0 Å². The second kappa shape index (κ2) is 4.78. The summed E-state index contributed by atoms with van der Waals surface area (Å²) in [6.07, 6.45) is 0.326. The zero-order valence-corrected chi connectivity index (χ0v) is 8.78. The van der Waals surface area contributed by atoms with Crippen LogP contribution >= 0.6 is 0 Å². The van der Waals surface area contributed by atoms with E-state index in [1.165, 1.54) is 6.07 Å². The summed E-state index contributed by atoms with van der Waals surface area (Å²) in [5.41, 5.74) is 6.81. The van der Waals surface area contributed by atoms with Crippen molar-refractivity contribution in [1.82, 2.24) is 0 Å². The van der Waals surface area contributed by atoms with Gasteiger partial charge in [0.2, 0.25) is 0 Å². The molecule has 0 aliphatic carbocycles. The van der Waals surface area contributed by atoms with Crippen LogP contribution in [0.4, 0.5) is 4.39 Å². The third kappa shape index (κ3) is 2.16. The summed E-state index contributed by atoms with van der Waals surface area (Å²) < 4.78 is 24.0. The van der Waals surface area contributed by atoms with Crippen LogP contribution in [-0.2, 0) is 11.3 Å². The summed E-state index contributed by atoms with van der Waals surface area (Å²) in [7, 11) is 0. The number of rotatable bonds is 3. The van der Waals surface area contributed by atoms with Gasteiger partial charge in [0.05, 0.1) is 6.61 Å². The summed E-state index contributed by atoms with van der Waals surface area (Å²) in [6.45, 7) is 0.455. The van der Waals surface area contributed by atoms with Gasteiger partial charge >= 0.3 is 0 Å². The van der Waals surface area contributed by atoms with E-state index in [2.05, 4.69) is 0 Å². The van der Waals surface area contributed by atoms with E-state index in [-0.39, 0.29) is 19.2 Å². The molecule has 0 amide bonds. The molecule has 0 spiro atoms. The first-order chi connectivity index (χ1) is 7.72. The van der Waals surface area contributed by atoms with E-state index in [0.717, 1.165) is 0 Å². The van der Waals surface area contributed by atoms with Crippen molar-refractivity contribution in [3.05, 3.63) is 29.1 Å². The first kappa shape index (κ1) is 11.3. The zero-order valence-electron chi connectivity index (χ0n) is 8.78. The van der Waals surface area contributed by atoms with Gasteiger partial charge in [-0.15, -0.1) is 0 Å². The molecule has 1 atom stereocenters. The molecular formula is C11H14FNO3. The Morgan fingerprint density at radius 1 is 1.50 bits per heavy atom. The Bertz CT molecular complexity index is 384. The highest BCUT2D eigenvalue weighted by molar-refractivity contribution is 5.40. The molecule has 1 unspecified atom stereocenters. The highest BCUT2D eigenvalue weighted by Crippen LogP contribution is 2.29. The van der Waals surface area contributed by atoms with Crippen LogP contribution in [0.3, 0.4) is 0 Å². The number of halogens is 1. The Morgan fingerprint density at radius 3 is 3.06 bits per heavy atom. The first-order valence-electron chi connectivity index (χ1n) is 5.11. The van der Waals surface area contributed by atoms with Crippen LogP contribution in [0.1, 0.15) is 23.6 Å². The fourth-order valence-corrected chi connectivity index (χ4v) is 1.69. The van der Waals surface area contributed by atoms with Crippen molar-refractivity contribution in [3.8, 4) is 5.75 Å². The minimum absolute atomic E-state index is 0.0678. The summed E-state index contributed by atoms with van der Waals surface area (Å²) in [5, 5.41) is 8.77. The molecule has 1 aliphatic rings. The van der Waals surface area contributed by atoms with Crippen LogP contribution in [0.2, 0.25) is 0 Å². The number of aliphatic hydroxyl groups excluding tert-OH is 1. The van der Waals surface area contributed by atoms with Gasteiger partial charge in [0.1, 0.15) is 11.6 Å². The predicted octanol–water partition coefficient (Wildman–Crippen LogP) is 1.07. The summed E-state index contributed by atoms with van der Waals surface area (Å²) >= 11 is 0. The Morgan fingerprint density at radius 2 is 2.31 bits per heavy atom. The molecular weight excluding hydrogens is 213 g/mol. The van der Waals surface area contributed by atoms with Gasteiger partial charge in [0, 0.05) is 23.8 Å². The molecule has 5 heteroatoms. The molecule has 0 fully saturated rings. The van der Waals surface area contributed by atoms with Crippen LogP contribution in [-0.4, -0.2) is 18.5 Å². The molecule has 2 rings (SSSR count). The molecule has 0 radical (unpaired) electrons. The van der Waals surface area contributed by atoms with E-state index in [0.29, 0.717) is 29.9 Å². The van der Waals surface area contributed by atoms with Gasteiger partial charge in [-0.1, -0.05) is 0 Å². The number of hydrogen-bond acceptors (Lipinski definition) is 4. The van der Waals surface area contributed by atoms with E-state index in [9.17, 15) is 4.39 Å². The molecule has 1 heterocycles. The maximum Gasteiger partial charge on any atom is 0.189 e. The number of hydrogen-bond donors (Lipinski definition) is 2. The Balaban J connectivity index is 2.31. The van der Waals surface area contributed by atoms with Crippen molar-refractivity contribution in [1.29, 1.82) is 0 Å². The zero-order chi connectivity index (χ0) is 11.5. The maximum atomic E-state index is 13.7. The van der Waals surface area contributed by atoms with E-state index < -0.39 is 6.04 Å². The molecule has 0 saturated heterocycles. The van der Waals surface area contributed by atoms with Gasteiger partial charge in [0.15, 0.2) is 6.79 Å². The lowest BCUT2D eigenvalue weighted by Gasteiger charge is -2.20. The van der Waals surface area contributed by atoms with Crippen LogP contribution in [0.15, 0.2) is 12.1 Å². The van der Waals surface area contributed by atoms with E-state index >= 15 is 0 Å². The Kier molecular flexibility index (Phi) is 3.38. The lowest BCUT2D eigenvalue weighted by Crippen LogP contribution is -2.17. The molecule has 16 heavy (non-hydrogen) atoms. The number of aliphatic hydroxyl groups is 1. The van der Waals surface area contributed by atoms with Crippen molar-refractivity contribution in [2.24, 2.45) is 5.73 Å². The number of benzene rings is 1. The number of fused-ring (bicyclic) bond motifs is 1. The van der Waals surface area contributed by atoms with Crippen LogP contribution in [0.5, 0.6) is 5.75 Å². The average molecular weight is 227 g/mol. The molecule has 4 nitrogen and oxygen atoms in total. The van der Waals surface area contributed by atoms with E-state index in [1.807, 2.05) is 0 Å². The third-order valence-electron chi connectivity index (χ3n) is 2.57. The summed E-state index contributed by atoms with van der Waals surface area (Å²) in [4.78, 5) is 0. The third-order valence-corrected chi connectivity index (χ3v) is 2.57. The maximum absolute atomic E-state index is 13.7. The highest BCUT2D eigenvalue weighted by atomic mass is 19.1. The SMILES string of the molecule is NC(CCO)c1cc2c(cc1F)COCO2.